The normalized spacial score (nSPS) is 17.6. The number of fused-ring (bicyclic) bond motifs is 3. The molecule has 1 fully saturated rings. The summed E-state index contributed by atoms with van der Waals surface area (Å²) in [6.45, 7) is 0. The molecule has 4 N–H and O–H groups in total. The number of ether oxygens (including phenoxy) is 1. The van der Waals surface area contributed by atoms with Crippen molar-refractivity contribution in [2.24, 2.45) is 12.8 Å². The van der Waals surface area contributed by atoms with Gasteiger partial charge in [-0.2, -0.15) is 5.10 Å². The molecule has 1 aliphatic rings. The Labute approximate surface area is 208 Å². The molecule has 6 rings (SSSR count). The molecule has 1 saturated carbocycles. The monoisotopic (exact) mass is 480 g/mol. The predicted molar refractivity (Wildman–Crippen MR) is 141 cm³/mol. The second-order valence-corrected chi connectivity index (χ2v) is 9.46. The first-order valence-electron chi connectivity index (χ1n) is 12.2. The minimum absolute atomic E-state index is 0.0306. The Morgan fingerprint density at radius 2 is 1.94 bits per heavy atom. The highest BCUT2D eigenvalue weighted by Gasteiger charge is 2.25. The first kappa shape index (κ1) is 22.3. The van der Waals surface area contributed by atoms with E-state index in [1.165, 1.54) is 0 Å². The maximum atomic E-state index is 12.8. The summed E-state index contributed by atoms with van der Waals surface area (Å²) in [5.74, 6) is 0.672. The molecule has 3 aromatic heterocycles. The number of nitrogens with two attached hydrogens (primary N) is 1. The number of nitrogens with zero attached hydrogens (tertiary/aromatic N) is 3. The van der Waals surface area contributed by atoms with Crippen molar-refractivity contribution in [3.63, 3.8) is 0 Å². The van der Waals surface area contributed by atoms with Gasteiger partial charge in [0.25, 0.3) is 5.91 Å². The van der Waals surface area contributed by atoms with Gasteiger partial charge in [-0.3, -0.25) is 14.5 Å². The van der Waals surface area contributed by atoms with Crippen LogP contribution in [0, 0.1) is 0 Å². The summed E-state index contributed by atoms with van der Waals surface area (Å²) in [4.78, 5) is 20.9. The van der Waals surface area contributed by atoms with Crippen molar-refractivity contribution < 1.29 is 9.53 Å². The Balaban J connectivity index is 1.43. The highest BCUT2D eigenvalue weighted by Crippen LogP contribution is 2.41. The Bertz CT molecular complexity index is 1580. The molecular weight excluding hydrogens is 452 g/mol. The Kier molecular flexibility index (Phi) is 5.45. The number of methoxy groups -OCH3 is 1. The molecule has 0 aliphatic heterocycles. The summed E-state index contributed by atoms with van der Waals surface area (Å²) < 4.78 is 7.55. The standard InChI is InChI=1S/C28H28N6O2/c1-34-15-18(13-31-34)23-12-19-24(14-30-23)32-22-10-11-25(36-2)26(27(19)22)16-6-8-17(9-7-16)28(35)33-21-5-3-4-20(21)29/h6-15,20-21,32H,3-5,29H2,1-2H3,(H,33,35). The van der Waals surface area contributed by atoms with E-state index in [-0.39, 0.29) is 18.0 Å². The lowest BCUT2D eigenvalue weighted by atomic mass is 9.97. The Morgan fingerprint density at radius 3 is 2.64 bits per heavy atom. The number of rotatable bonds is 5. The molecule has 2 aromatic carbocycles. The fourth-order valence-electron chi connectivity index (χ4n) is 5.25. The number of carbonyl (C=O) groups excluding carboxylic acids is 1. The van der Waals surface area contributed by atoms with Gasteiger partial charge in [-0.15, -0.1) is 0 Å². The van der Waals surface area contributed by atoms with Crippen LogP contribution in [0.5, 0.6) is 5.75 Å². The van der Waals surface area contributed by atoms with Crippen molar-refractivity contribution in [2.75, 3.05) is 7.11 Å². The number of pyridine rings is 1. The zero-order valence-electron chi connectivity index (χ0n) is 20.3. The van der Waals surface area contributed by atoms with Gasteiger partial charge < -0.3 is 20.8 Å². The first-order chi connectivity index (χ1) is 17.5. The number of benzene rings is 2. The van der Waals surface area contributed by atoms with Crippen LogP contribution in [0.25, 0.3) is 44.2 Å². The van der Waals surface area contributed by atoms with Gasteiger partial charge in [0.2, 0.25) is 0 Å². The highest BCUT2D eigenvalue weighted by molar-refractivity contribution is 6.16. The third kappa shape index (κ3) is 3.79. The van der Waals surface area contributed by atoms with Gasteiger partial charge in [0, 0.05) is 58.3 Å². The molecule has 0 saturated heterocycles. The third-order valence-corrected chi connectivity index (χ3v) is 7.15. The van der Waals surface area contributed by atoms with Crippen LogP contribution < -0.4 is 15.8 Å². The lowest BCUT2D eigenvalue weighted by molar-refractivity contribution is 0.0934. The number of H-pyrrole nitrogens is 1. The van der Waals surface area contributed by atoms with Crippen LogP contribution in [-0.4, -0.2) is 44.8 Å². The number of hydrogen-bond acceptors (Lipinski definition) is 5. The number of aromatic nitrogens is 4. The molecule has 5 aromatic rings. The number of aromatic amines is 1. The zero-order valence-corrected chi connectivity index (χ0v) is 20.3. The van der Waals surface area contributed by atoms with E-state index >= 15 is 0 Å². The second-order valence-electron chi connectivity index (χ2n) is 9.46. The van der Waals surface area contributed by atoms with Crippen molar-refractivity contribution >= 4 is 27.7 Å². The van der Waals surface area contributed by atoms with E-state index in [1.54, 1.807) is 11.8 Å². The first-order valence-corrected chi connectivity index (χ1v) is 12.2. The number of aryl methyl sites for hydroxylation is 1. The van der Waals surface area contributed by atoms with E-state index in [1.807, 2.05) is 62.0 Å². The van der Waals surface area contributed by atoms with Gasteiger partial charge in [-0.1, -0.05) is 12.1 Å². The van der Waals surface area contributed by atoms with Crippen LogP contribution >= 0.6 is 0 Å². The summed E-state index contributed by atoms with van der Waals surface area (Å²) in [5.41, 5.74) is 12.4. The largest absolute Gasteiger partial charge is 0.496 e. The second kappa shape index (κ2) is 8.80. The summed E-state index contributed by atoms with van der Waals surface area (Å²) in [6, 6.07) is 13.8. The molecule has 1 amide bonds. The van der Waals surface area contributed by atoms with E-state index in [4.69, 9.17) is 10.5 Å². The predicted octanol–water partition coefficient (Wildman–Crippen LogP) is 4.40. The SMILES string of the molecule is COc1ccc2[nH]c3cnc(-c4cnn(C)c4)cc3c2c1-c1ccc(C(=O)NC2CCCC2N)cc1. The molecule has 1 aliphatic carbocycles. The van der Waals surface area contributed by atoms with Crippen molar-refractivity contribution in [3.8, 4) is 28.1 Å². The lowest BCUT2D eigenvalue weighted by Crippen LogP contribution is -2.43. The van der Waals surface area contributed by atoms with Crippen molar-refractivity contribution in [3.05, 3.63) is 66.6 Å². The molecule has 2 unspecified atom stereocenters. The number of hydrogen-bond donors (Lipinski definition) is 3. The topological polar surface area (TPSA) is 111 Å². The van der Waals surface area contributed by atoms with E-state index < -0.39 is 0 Å². The summed E-state index contributed by atoms with van der Waals surface area (Å²) in [6.07, 6.45) is 8.56. The fraction of sp³-hybridized carbons (Fsp3) is 0.250. The van der Waals surface area contributed by atoms with Crippen LogP contribution in [0.2, 0.25) is 0 Å². The number of amides is 1. The number of nitrogens with one attached hydrogen (secondary N) is 2. The third-order valence-electron chi connectivity index (χ3n) is 7.15. The summed E-state index contributed by atoms with van der Waals surface area (Å²) >= 11 is 0. The summed E-state index contributed by atoms with van der Waals surface area (Å²) in [5, 5.41) is 9.47. The average molecular weight is 481 g/mol. The zero-order chi connectivity index (χ0) is 24.8. The minimum atomic E-state index is -0.0895. The van der Waals surface area contributed by atoms with Gasteiger partial charge >= 0.3 is 0 Å². The van der Waals surface area contributed by atoms with Crippen LogP contribution in [0.4, 0.5) is 0 Å². The minimum Gasteiger partial charge on any atom is -0.496 e. The van der Waals surface area contributed by atoms with Gasteiger partial charge in [0.1, 0.15) is 5.75 Å². The number of carbonyl (C=O) groups is 1. The van der Waals surface area contributed by atoms with E-state index in [2.05, 4.69) is 26.4 Å². The summed E-state index contributed by atoms with van der Waals surface area (Å²) in [7, 11) is 3.57. The maximum absolute atomic E-state index is 12.8. The Hall–Kier alpha value is -4.17. The van der Waals surface area contributed by atoms with E-state index in [0.717, 1.165) is 69.2 Å². The fourth-order valence-corrected chi connectivity index (χ4v) is 5.25. The van der Waals surface area contributed by atoms with Crippen LogP contribution in [0.15, 0.2) is 61.1 Å². The van der Waals surface area contributed by atoms with Crippen molar-refractivity contribution in [1.82, 2.24) is 25.1 Å². The molecule has 36 heavy (non-hydrogen) atoms. The lowest BCUT2D eigenvalue weighted by Gasteiger charge is -2.17. The van der Waals surface area contributed by atoms with Gasteiger partial charge in [-0.25, -0.2) is 0 Å². The molecule has 8 nitrogen and oxygen atoms in total. The molecule has 8 heteroatoms. The molecule has 0 spiro atoms. The molecular formula is C28H28N6O2. The smallest absolute Gasteiger partial charge is 0.251 e. The average Bonchev–Trinajstić information content (AvgIpc) is 3.61. The molecule has 3 heterocycles. The molecule has 0 bridgehead atoms. The van der Waals surface area contributed by atoms with Crippen molar-refractivity contribution in [1.29, 1.82) is 0 Å². The Morgan fingerprint density at radius 1 is 1.11 bits per heavy atom. The van der Waals surface area contributed by atoms with Gasteiger partial charge in [0.15, 0.2) is 0 Å². The van der Waals surface area contributed by atoms with Crippen LogP contribution in [0.1, 0.15) is 29.6 Å². The van der Waals surface area contributed by atoms with Crippen molar-refractivity contribution in [2.45, 2.75) is 31.3 Å². The molecule has 2 atom stereocenters. The molecule has 182 valence electrons. The molecule has 0 radical (unpaired) electrons. The van der Waals surface area contributed by atoms with Crippen LogP contribution in [-0.2, 0) is 7.05 Å². The van der Waals surface area contributed by atoms with E-state index in [9.17, 15) is 4.79 Å². The highest BCUT2D eigenvalue weighted by atomic mass is 16.5. The van der Waals surface area contributed by atoms with Crippen LogP contribution in [0.3, 0.4) is 0 Å². The maximum Gasteiger partial charge on any atom is 0.251 e. The quantitative estimate of drug-likeness (QED) is 0.345. The van der Waals surface area contributed by atoms with E-state index in [0.29, 0.717) is 5.56 Å². The van der Waals surface area contributed by atoms with Gasteiger partial charge in [-0.05, 0) is 55.2 Å². The van der Waals surface area contributed by atoms with Gasteiger partial charge in [0.05, 0.1) is 30.7 Å².